The van der Waals surface area contributed by atoms with Crippen molar-refractivity contribution in [1.82, 2.24) is 14.9 Å². The normalized spacial score (nSPS) is 20.7. The molecule has 2 aromatic heterocycles. The Bertz CT molecular complexity index is 1530. The van der Waals surface area contributed by atoms with Gasteiger partial charge in [0.25, 0.3) is 0 Å². The fourth-order valence-corrected chi connectivity index (χ4v) is 4.94. The van der Waals surface area contributed by atoms with Crippen LogP contribution in [0, 0.1) is 29.3 Å². The lowest BCUT2D eigenvalue weighted by atomic mass is 10.1. The summed E-state index contributed by atoms with van der Waals surface area (Å²) in [5.74, 6) is -4.12. The minimum Gasteiger partial charge on any atom is -0.477 e. The lowest BCUT2D eigenvalue weighted by Gasteiger charge is -2.34. The second-order valence-electron chi connectivity index (χ2n) is 10.6. The molecule has 2 aliphatic rings. The van der Waals surface area contributed by atoms with Gasteiger partial charge in [-0.05, 0) is 57.2 Å². The first-order valence-corrected chi connectivity index (χ1v) is 12.0. The number of nitrogens with one attached hydrogen (secondary N) is 1. The van der Waals surface area contributed by atoms with Gasteiger partial charge >= 0.3 is 12.1 Å². The van der Waals surface area contributed by atoms with Crippen molar-refractivity contribution in [2.75, 3.05) is 18.0 Å². The molecular weight excluding hydrogens is 505 g/mol. The Kier molecular flexibility index (Phi) is 6.07. The second kappa shape index (κ2) is 9.03. The molecule has 1 aliphatic heterocycles. The number of carbonyl (C=O) groups excluding carboxylic acids is 1. The number of hydrogen-bond acceptors (Lipinski definition) is 6. The smallest absolute Gasteiger partial charge is 0.407 e. The topological polar surface area (TPSA) is 114 Å². The molecule has 1 aromatic carbocycles. The number of pyridine rings is 2. The second-order valence-corrected chi connectivity index (χ2v) is 10.6. The predicted octanol–water partition coefficient (Wildman–Crippen LogP) is 3.85. The Morgan fingerprint density at radius 3 is 2.53 bits per heavy atom. The number of nitrogens with zero attached hydrogens (tertiary/aromatic N) is 3. The fraction of sp³-hybridized carbons (Fsp3) is 0.385. The molecule has 2 fully saturated rings. The molecule has 2 N–H and O–H groups in total. The van der Waals surface area contributed by atoms with Crippen molar-refractivity contribution >= 4 is 28.9 Å². The van der Waals surface area contributed by atoms with Crippen molar-refractivity contribution in [3.8, 4) is 5.69 Å². The molecule has 200 valence electrons. The van der Waals surface area contributed by atoms with Crippen LogP contribution in [0.15, 0.2) is 35.3 Å². The molecule has 0 radical (unpaired) electrons. The number of carboxylic acids is 1. The number of fused-ring (bicyclic) bond motifs is 2. The van der Waals surface area contributed by atoms with Gasteiger partial charge in [0.15, 0.2) is 17.3 Å². The summed E-state index contributed by atoms with van der Waals surface area (Å²) in [7, 11) is 0. The minimum atomic E-state index is -1.59. The van der Waals surface area contributed by atoms with Gasteiger partial charge in [-0.15, -0.1) is 0 Å². The zero-order chi connectivity index (χ0) is 27.5. The number of hydrogen-bond donors (Lipinski definition) is 2. The third-order valence-electron chi connectivity index (χ3n) is 6.68. The Morgan fingerprint density at radius 1 is 1.13 bits per heavy atom. The van der Waals surface area contributed by atoms with E-state index in [2.05, 4.69) is 10.3 Å². The maximum atomic E-state index is 15.4. The van der Waals surface area contributed by atoms with Crippen molar-refractivity contribution in [3.63, 3.8) is 0 Å². The van der Waals surface area contributed by atoms with Gasteiger partial charge in [-0.25, -0.2) is 27.7 Å². The van der Waals surface area contributed by atoms with E-state index in [0.717, 1.165) is 35.4 Å². The van der Waals surface area contributed by atoms with Gasteiger partial charge in [0.1, 0.15) is 22.8 Å². The van der Waals surface area contributed by atoms with Crippen molar-refractivity contribution in [3.05, 3.63) is 63.7 Å². The van der Waals surface area contributed by atoms with E-state index >= 15 is 4.39 Å². The Morgan fingerprint density at radius 2 is 1.87 bits per heavy atom. The number of amides is 1. The summed E-state index contributed by atoms with van der Waals surface area (Å²) in [5, 5.41) is 12.0. The van der Waals surface area contributed by atoms with Crippen LogP contribution in [0.3, 0.4) is 0 Å². The summed E-state index contributed by atoms with van der Waals surface area (Å²) in [6.07, 6.45) is 1.11. The maximum absolute atomic E-state index is 15.4. The van der Waals surface area contributed by atoms with Crippen LogP contribution in [-0.2, 0) is 4.74 Å². The number of ether oxygens (including phenoxy) is 1. The number of halogens is 3. The highest BCUT2D eigenvalue weighted by atomic mass is 19.1. The van der Waals surface area contributed by atoms with Gasteiger partial charge in [-0.2, -0.15) is 0 Å². The number of aromatic nitrogens is 2. The van der Waals surface area contributed by atoms with Crippen molar-refractivity contribution in [2.45, 2.75) is 38.8 Å². The first-order valence-electron chi connectivity index (χ1n) is 12.0. The molecule has 1 amide bonds. The molecule has 5 rings (SSSR count). The first-order chi connectivity index (χ1) is 17.8. The number of aromatic carboxylic acids is 1. The molecule has 1 aliphatic carbocycles. The summed E-state index contributed by atoms with van der Waals surface area (Å²) < 4.78 is 50.0. The predicted molar refractivity (Wildman–Crippen MR) is 131 cm³/mol. The van der Waals surface area contributed by atoms with Crippen molar-refractivity contribution < 1.29 is 32.6 Å². The number of carboxylic acid groups (broad SMARTS) is 1. The SMILES string of the molecule is CC(C)(C)OC(=O)N[C@H]1CN(c2nc3c(cc2F)c(=O)c(C(=O)O)cn3-c2ccc(F)cc2F)C[C@H]2C[C@H]21. The first kappa shape index (κ1) is 25.6. The van der Waals surface area contributed by atoms with E-state index in [0.29, 0.717) is 12.6 Å². The van der Waals surface area contributed by atoms with Crippen molar-refractivity contribution in [1.29, 1.82) is 0 Å². The molecule has 3 atom stereocenters. The van der Waals surface area contributed by atoms with Crippen molar-refractivity contribution in [2.24, 2.45) is 11.8 Å². The zero-order valence-electron chi connectivity index (χ0n) is 20.8. The molecule has 9 nitrogen and oxygen atoms in total. The molecule has 3 heterocycles. The summed E-state index contributed by atoms with van der Waals surface area (Å²) in [4.78, 5) is 42.9. The Labute approximate surface area is 214 Å². The average Bonchev–Trinajstić information content (AvgIpc) is 3.58. The van der Waals surface area contributed by atoms with Gasteiger partial charge in [-0.1, -0.05) is 0 Å². The third kappa shape index (κ3) is 4.77. The highest BCUT2D eigenvalue weighted by Gasteiger charge is 2.49. The highest BCUT2D eigenvalue weighted by Crippen LogP contribution is 2.46. The molecule has 12 heteroatoms. The number of benzene rings is 1. The number of piperidine rings is 1. The summed E-state index contributed by atoms with van der Waals surface area (Å²) >= 11 is 0. The number of rotatable bonds is 4. The van der Waals surface area contributed by atoms with Crippen LogP contribution in [-0.4, -0.2) is 51.5 Å². The molecule has 0 bridgehead atoms. The van der Waals surface area contributed by atoms with E-state index in [1.165, 1.54) is 0 Å². The van der Waals surface area contributed by atoms with Gasteiger partial charge < -0.3 is 20.1 Å². The van der Waals surface area contributed by atoms with Gasteiger partial charge in [0.2, 0.25) is 5.43 Å². The van der Waals surface area contributed by atoms with Crippen LogP contribution in [0.1, 0.15) is 37.6 Å². The van der Waals surface area contributed by atoms with E-state index in [9.17, 15) is 28.3 Å². The number of alkyl carbamates (subject to hydrolysis) is 1. The lowest BCUT2D eigenvalue weighted by molar-refractivity contribution is 0.0494. The van der Waals surface area contributed by atoms with Gasteiger partial charge in [0.05, 0.1) is 17.1 Å². The molecule has 1 saturated heterocycles. The molecule has 0 unspecified atom stereocenters. The number of carbonyl (C=O) groups is 2. The number of anilines is 1. The highest BCUT2D eigenvalue weighted by molar-refractivity contribution is 5.92. The average molecular weight is 531 g/mol. The molecular formula is C26H25F3N4O5. The van der Waals surface area contributed by atoms with E-state index in [1.807, 2.05) is 0 Å². The molecule has 1 saturated carbocycles. The van der Waals surface area contributed by atoms with E-state index < -0.39 is 46.1 Å². The van der Waals surface area contributed by atoms with Crippen LogP contribution in [0.25, 0.3) is 16.7 Å². The monoisotopic (exact) mass is 530 g/mol. The quantitative estimate of drug-likeness (QED) is 0.527. The van der Waals surface area contributed by atoms with Gasteiger partial charge in [0, 0.05) is 25.4 Å². The fourth-order valence-electron chi connectivity index (χ4n) is 4.94. The van der Waals surface area contributed by atoms with E-state index in [4.69, 9.17) is 4.74 Å². The van der Waals surface area contributed by atoms with E-state index in [-0.39, 0.29) is 47.0 Å². The largest absolute Gasteiger partial charge is 0.477 e. The Hall–Kier alpha value is -4.09. The standard InChI is InChI=1S/C26H25F3N4O5/c1-26(2,3)38-25(37)30-19-11-32(9-12-6-14(12)19)23-18(29)8-15-21(34)16(24(35)36)10-33(22(15)31-23)20-5-4-13(27)7-17(20)28/h4-5,7-8,10,12,14,19H,6,9,11H2,1-3H3,(H,30,37)(H,35,36)/t12-,14-,19+/m1/s1. The lowest BCUT2D eigenvalue weighted by Crippen LogP contribution is -2.51. The molecule has 0 spiro atoms. The third-order valence-corrected chi connectivity index (χ3v) is 6.68. The molecule has 3 aromatic rings. The summed E-state index contributed by atoms with van der Waals surface area (Å²) in [6, 6.07) is 3.18. The van der Waals surface area contributed by atoms with Crippen LogP contribution in [0.4, 0.5) is 23.8 Å². The van der Waals surface area contributed by atoms with Gasteiger partial charge in [-0.3, -0.25) is 9.36 Å². The Balaban J connectivity index is 1.58. The zero-order valence-corrected chi connectivity index (χ0v) is 20.8. The summed E-state index contributed by atoms with van der Waals surface area (Å²) in [5.41, 5.74) is -2.88. The summed E-state index contributed by atoms with van der Waals surface area (Å²) in [6.45, 7) is 5.88. The maximum Gasteiger partial charge on any atom is 0.407 e. The van der Waals surface area contributed by atoms with E-state index in [1.54, 1.807) is 25.7 Å². The van der Waals surface area contributed by atoms with Crippen LogP contribution in [0.2, 0.25) is 0 Å². The van der Waals surface area contributed by atoms with Crippen LogP contribution < -0.4 is 15.6 Å². The van der Waals surface area contributed by atoms with Crippen LogP contribution in [0.5, 0.6) is 0 Å². The minimum absolute atomic E-state index is 0.141. The molecule has 38 heavy (non-hydrogen) atoms. The van der Waals surface area contributed by atoms with Crippen LogP contribution >= 0.6 is 0 Å².